The molecule has 3 atom stereocenters. The van der Waals surface area contributed by atoms with Gasteiger partial charge in [-0.15, -0.1) is 0 Å². The molecule has 106 valence electrons. The van der Waals surface area contributed by atoms with Gasteiger partial charge in [0.1, 0.15) is 0 Å². The lowest BCUT2D eigenvalue weighted by Gasteiger charge is -2.38. The van der Waals surface area contributed by atoms with E-state index < -0.39 is 0 Å². The second-order valence-corrected chi connectivity index (χ2v) is 6.83. The van der Waals surface area contributed by atoms with Gasteiger partial charge in [0.2, 0.25) is 5.91 Å². The minimum absolute atomic E-state index is 0.244. The van der Waals surface area contributed by atoms with Crippen LogP contribution in [-0.4, -0.2) is 36.2 Å². The van der Waals surface area contributed by atoms with Crippen molar-refractivity contribution in [1.29, 1.82) is 0 Å². The summed E-state index contributed by atoms with van der Waals surface area (Å²) in [5.74, 6) is 3.46. The Morgan fingerprint density at radius 1 is 1.21 bits per heavy atom. The van der Waals surface area contributed by atoms with Gasteiger partial charge in [0.15, 0.2) is 0 Å². The molecule has 0 aromatic carbocycles. The molecule has 2 heterocycles. The first kappa shape index (κ1) is 13.1. The van der Waals surface area contributed by atoms with Gasteiger partial charge in [-0.25, -0.2) is 0 Å². The normalized spacial score (nSPS) is 36.0. The molecule has 1 saturated carbocycles. The minimum atomic E-state index is 0.244. The molecule has 0 aromatic heterocycles. The van der Waals surface area contributed by atoms with Crippen molar-refractivity contribution in [2.75, 3.05) is 19.6 Å². The van der Waals surface area contributed by atoms with Crippen LogP contribution in [0.5, 0.6) is 0 Å². The van der Waals surface area contributed by atoms with Crippen molar-refractivity contribution < 1.29 is 4.79 Å². The molecule has 2 aliphatic heterocycles. The zero-order chi connectivity index (χ0) is 13.4. The van der Waals surface area contributed by atoms with Crippen LogP contribution in [-0.2, 0) is 4.79 Å². The lowest BCUT2D eigenvalue weighted by atomic mass is 9.70. The van der Waals surface area contributed by atoms with Crippen LogP contribution in [0.15, 0.2) is 4.99 Å². The van der Waals surface area contributed by atoms with Gasteiger partial charge in [-0.2, -0.15) is 0 Å². The zero-order valence-electron chi connectivity index (χ0n) is 12.3. The summed E-state index contributed by atoms with van der Waals surface area (Å²) in [5, 5.41) is 0. The molecule has 1 aliphatic carbocycles. The number of rotatable bonds is 1. The Morgan fingerprint density at radius 3 is 2.63 bits per heavy atom. The summed E-state index contributed by atoms with van der Waals surface area (Å²) in [5.41, 5.74) is 1.53. The van der Waals surface area contributed by atoms with Gasteiger partial charge in [0.05, 0.1) is 0 Å². The van der Waals surface area contributed by atoms with Crippen molar-refractivity contribution in [3.63, 3.8) is 0 Å². The van der Waals surface area contributed by atoms with E-state index in [9.17, 15) is 4.79 Å². The number of aliphatic imine (C=N–C) groups is 1. The third kappa shape index (κ3) is 2.56. The first-order valence-electron chi connectivity index (χ1n) is 7.94. The Morgan fingerprint density at radius 2 is 1.95 bits per heavy atom. The number of nitrogens with zero attached hydrogens (tertiary/aromatic N) is 2. The van der Waals surface area contributed by atoms with Crippen LogP contribution < -0.4 is 0 Å². The molecular weight excluding hydrogens is 236 g/mol. The SMILES string of the molecule is CC(=O)N1CCC(C2CN=C3CC(C)CCC32)CC1. The Bertz CT molecular complexity index is 382. The third-order valence-electron chi connectivity index (χ3n) is 5.57. The van der Waals surface area contributed by atoms with Crippen LogP contribution >= 0.6 is 0 Å². The Hall–Kier alpha value is -0.860. The topological polar surface area (TPSA) is 32.7 Å². The summed E-state index contributed by atoms with van der Waals surface area (Å²) in [6.45, 7) is 7.05. The van der Waals surface area contributed by atoms with Gasteiger partial charge < -0.3 is 4.90 Å². The molecule has 0 aromatic rings. The largest absolute Gasteiger partial charge is 0.343 e. The molecule has 19 heavy (non-hydrogen) atoms. The molecule has 0 spiro atoms. The maximum absolute atomic E-state index is 11.4. The van der Waals surface area contributed by atoms with E-state index in [1.54, 1.807) is 6.92 Å². The number of carbonyl (C=O) groups excluding carboxylic acids is 1. The highest BCUT2D eigenvalue weighted by atomic mass is 16.2. The van der Waals surface area contributed by atoms with E-state index in [1.807, 2.05) is 4.90 Å². The maximum Gasteiger partial charge on any atom is 0.219 e. The molecule has 3 aliphatic rings. The highest BCUT2D eigenvalue weighted by Gasteiger charge is 2.40. The predicted molar refractivity (Wildman–Crippen MR) is 77.3 cm³/mol. The number of likely N-dealkylation sites (tertiary alicyclic amines) is 1. The molecule has 1 amide bonds. The summed E-state index contributed by atoms with van der Waals surface area (Å²) in [6, 6.07) is 0. The Kier molecular flexibility index (Phi) is 3.64. The maximum atomic E-state index is 11.4. The number of carbonyl (C=O) groups is 1. The van der Waals surface area contributed by atoms with E-state index in [2.05, 4.69) is 6.92 Å². The zero-order valence-corrected chi connectivity index (χ0v) is 12.3. The van der Waals surface area contributed by atoms with Gasteiger partial charge in [0, 0.05) is 38.2 Å². The summed E-state index contributed by atoms with van der Waals surface area (Å²) >= 11 is 0. The first-order valence-corrected chi connectivity index (χ1v) is 7.94. The van der Waals surface area contributed by atoms with Gasteiger partial charge in [-0.3, -0.25) is 9.79 Å². The van der Waals surface area contributed by atoms with Crippen LogP contribution in [0.2, 0.25) is 0 Å². The summed E-state index contributed by atoms with van der Waals surface area (Å²) in [4.78, 5) is 18.3. The van der Waals surface area contributed by atoms with Crippen molar-refractivity contribution in [1.82, 2.24) is 4.90 Å². The van der Waals surface area contributed by atoms with Gasteiger partial charge in [-0.1, -0.05) is 6.92 Å². The molecule has 1 saturated heterocycles. The van der Waals surface area contributed by atoms with E-state index in [4.69, 9.17) is 4.99 Å². The fourth-order valence-corrected chi connectivity index (χ4v) is 4.35. The summed E-state index contributed by atoms with van der Waals surface area (Å²) < 4.78 is 0. The second-order valence-electron chi connectivity index (χ2n) is 6.83. The highest BCUT2D eigenvalue weighted by molar-refractivity contribution is 5.89. The van der Waals surface area contributed by atoms with Crippen molar-refractivity contribution in [2.24, 2.45) is 28.7 Å². The number of piperidine rings is 1. The highest BCUT2D eigenvalue weighted by Crippen LogP contribution is 2.41. The summed E-state index contributed by atoms with van der Waals surface area (Å²) in [7, 11) is 0. The summed E-state index contributed by atoms with van der Waals surface area (Å²) in [6.07, 6.45) is 6.37. The van der Waals surface area contributed by atoms with Crippen molar-refractivity contribution in [2.45, 2.75) is 46.0 Å². The molecule has 2 fully saturated rings. The third-order valence-corrected chi connectivity index (χ3v) is 5.57. The monoisotopic (exact) mass is 262 g/mol. The molecule has 3 unspecified atom stereocenters. The van der Waals surface area contributed by atoms with Crippen LogP contribution in [0, 0.1) is 23.7 Å². The average molecular weight is 262 g/mol. The van der Waals surface area contributed by atoms with Crippen molar-refractivity contribution in [3.8, 4) is 0 Å². The van der Waals surface area contributed by atoms with E-state index >= 15 is 0 Å². The molecule has 3 heteroatoms. The van der Waals surface area contributed by atoms with E-state index in [0.29, 0.717) is 0 Å². The minimum Gasteiger partial charge on any atom is -0.343 e. The number of hydrogen-bond donors (Lipinski definition) is 0. The van der Waals surface area contributed by atoms with Crippen LogP contribution in [0.25, 0.3) is 0 Å². The van der Waals surface area contributed by atoms with Crippen LogP contribution in [0.3, 0.4) is 0 Å². The predicted octanol–water partition coefficient (Wildman–Crippen LogP) is 2.75. The van der Waals surface area contributed by atoms with E-state index in [-0.39, 0.29) is 5.91 Å². The average Bonchev–Trinajstić information content (AvgIpc) is 2.81. The first-order chi connectivity index (χ1) is 9.15. The Balaban J connectivity index is 1.59. The van der Waals surface area contributed by atoms with Crippen LogP contribution in [0.4, 0.5) is 0 Å². The quantitative estimate of drug-likeness (QED) is 0.715. The molecule has 3 rings (SSSR count). The lowest BCUT2D eigenvalue weighted by molar-refractivity contribution is -0.130. The smallest absolute Gasteiger partial charge is 0.219 e. The fraction of sp³-hybridized carbons (Fsp3) is 0.875. The second kappa shape index (κ2) is 5.26. The van der Waals surface area contributed by atoms with Gasteiger partial charge >= 0.3 is 0 Å². The van der Waals surface area contributed by atoms with Crippen molar-refractivity contribution in [3.05, 3.63) is 0 Å². The van der Waals surface area contributed by atoms with E-state index in [0.717, 1.165) is 43.3 Å². The molecule has 0 bridgehead atoms. The van der Waals surface area contributed by atoms with Gasteiger partial charge in [-0.05, 0) is 49.9 Å². The molecule has 3 nitrogen and oxygen atoms in total. The fourth-order valence-electron chi connectivity index (χ4n) is 4.35. The van der Waals surface area contributed by atoms with E-state index in [1.165, 1.54) is 37.8 Å². The van der Waals surface area contributed by atoms with Gasteiger partial charge in [0.25, 0.3) is 0 Å². The molecule has 0 radical (unpaired) electrons. The molecule has 0 N–H and O–H groups in total. The number of hydrogen-bond acceptors (Lipinski definition) is 2. The number of fused-ring (bicyclic) bond motifs is 1. The van der Waals surface area contributed by atoms with Crippen molar-refractivity contribution >= 4 is 11.6 Å². The molecular formula is C16H26N2O. The Labute approximate surface area is 116 Å². The lowest BCUT2D eigenvalue weighted by Crippen LogP contribution is -2.41. The standard InChI is InChI=1S/C16H26N2O/c1-11-3-4-14-15(10-17-16(14)9-11)13-5-7-18(8-6-13)12(2)19/h11,13-15H,3-10H2,1-2H3. The van der Waals surface area contributed by atoms with Crippen LogP contribution in [0.1, 0.15) is 46.0 Å². The number of amides is 1.